The molecule has 6 atom stereocenters. The number of ether oxygens (including phenoxy) is 4. The number of carbonyl (C=O) groups is 4. The lowest BCUT2D eigenvalue weighted by Crippen LogP contribution is -2.30. The molecule has 19 heteroatoms. The van der Waals surface area contributed by atoms with Gasteiger partial charge in [0.1, 0.15) is 19.3 Å². The van der Waals surface area contributed by atoms with Crippen molar-refractivity contribution >= 4 is 39.5 Å². The van der Waals surface area contributed by atoms with Crippen molar-refractivity contribution in [1.29, 1.82) is 0 Å². The fourth-order valence-corrected chi connectivity index (χ4v) is 12.2. The normalized spacial score (nSPS) is 14.4. The molecule has 17 nitrogen and oxygen atoms in total. The van der Waals surface area contributed by atoms with Crippen LogP contribution in [0.1, 0.15) is 362 Å². The van der Waals surface area contributed by atoms with Crippen molar-refractivity contribution in [3.05, 3.63) is 0 Å². The Morgan fingerprint density at radius 1 is 0.315 bits per heavy atom. The third kappa shape index (κ3) is 63.2. The van der Waals surface area contributed by atoms with Crippen molar-refractivity contribution in [3.63, 3.8) is 0 Å². The Morgan fingerprint density at radius 2 is 0.539 bits per heavy atom. The van der Waals surface area contributed by atoms with E-state index in [0.717, 1.165) is 102 Å². The number of unbranched alkanes of at least 4 members (excludes halogenated alkanes) is 41. The first-order valence-corrected chi connectivity index (χ1v) is 39.7. The van der Waals surface area contributed by atoms with Gasteiger partial charge in [-0.25, -0.2) is 9.13 Å². The van der Waals surface area contributed by atoms with Crippen LogP contribution in [0, 0.1) is 5.92 Å². The van der Waals surface area contributed by atoms with Gasteiger partial charge in [0.15, 0.2) is 12.2 Å². The molecule has 0 aliphatic rings. The Kier molecular flexibility index (Phi) is 62.1. The third-order valence-corrected chi connectivity index (χ3v) is 18.5. The van der Waals surface area contributed by atoms with E-state index in [4.69, 9.17) is 37.0 Å². The van der Waals surface area contributed by atoms with Gasteiger partial charge in [0.05, 0.1) is 26.4 Å². The van der Waals surface area contributed by atoms with Crippen LogP contribution in [0.15, 0.2) is 0 Å². The van der Waals surface area contributed by atoms with E-state index in [1.54, 1.807) is 0 Å². The zero-order valence-corrected chi connectivity index (χ0v) is 59.4. The number of aliphatic hydroxyl groups excluding tert-OH is 1. The number of phosphoric ester groups is 2. The summed E-state index contributed by atoms with van der Waals surface area (Å²) in [6, 6.07) is 0. The van der Waals surface area contributed by atoms with Crippen molar-refractivity contribution in [2.24, 2.45) is 5.92 Å². The molecule has 0 saturated heterocycles. The molecule has 0 aliphatic carbocycles. The van der Waals surface area contributed by atoms with Crippen LogP contribution in [0.3, 0.4) is 0 Å². The molecule has 0 saturated carbocycles. The molecule has 0 aromatic heterocycles. The zero-order chi connectivity index (χ0) is 65.6. The van der Waals surface area contributed by atoms with Crippen molar-refractivity contribution in [2.45, 2.75) is 380 Å². The van der Waals surface area contributed by atoms with E-state index in [-0.39, 0.29) is 25.7 Å². The first kappa shape index (κ1) is 87.1. The van der Waals surface area contributed by atoms with Crippen LogP contribution in [0.5, 0.6) is 0 Å². The van der Waals surface area contributed by atoms with E-state index in [1.807, 2.05) is 0 Å². The second-order valence-electron chi connectivity index (χ2n) is 25.5. The maximum absolute atomic E-state index is 13.0. The van der Waals surface area contributed by atoms with Gasteiger partial charge in [-0.15, -0.1) is 0 Å². The summed E-state index contributed by atoms with van der Waals surface area (Å²) in [5, 5.41) is 10.6. The molecule has 0 rings (SSSR count). The highest BCUT2D eigenvalue weighted by molar-refractivity contribution is 7.47. The van der Waals surface area contributed by atoms with Crippen molar-refractivity contribution in [2.75, 3.05) is 39.6 Å². The van der Waals surface area contributed by atoms with Gasteiger partial charge in [0, 0.05) is 25.7 Å². The summed E-state index contributed by atoms with van der Waals surface area (Å²) in [6.07, 6.45) is 49.9. The van der Waals surface area contributed by atoms with E-state index >= 15 is 0 Å². The second-order valence-corrected chi connectivity index (χ2v) is 28.4. The third-order valence-electron chi connectivity index (χ3n) is 16.6. The van der Waals surface area contributed by atoms with Crippen molar-refractivity contribution in [3.8, 4) is 0 Å². The van der Waals surface area contributed by atoms with Gasteiger partial charge in [-0.2, -0.15) is 0 Å². The second kappa shape index (κ2) is 63.5. The maximum Gasteiger partial charge on any atom is 0.472 e. The molecule has 0 aliphatic heterocycles. The summed E-state index contributed by atoms with van der Waals surface area (Å²) >= 11 is 0. The number of hydrogen-bond donors (Lipinski definition) is 3. The Labute approximate surface area is 543 Å². The van der Waals surface area contributed by atoms with Crippen LogP contribution >= 0.6 is 15.6 Å². The molecule has 528 valence electrons. The van der Waals surface area contributed by atoms with E-state index in [1.165, 1.54) is 180 Å². The molecule has 0 amide bonds. The quantitative estimate of drug-likeness (QED) is 0.0222. The summed E-state index contributed by atoms with van der Waals surface area (Å²) in [7, 11) is -9.89. The molecular weight excluding hydrogens is 1170 g/mol. The lowest BCUT2D eigenvalue weighted by Gasteiger charge is -2.21. The number of rotatable bonds is 70. The minimum atomic E-state index is -4.95. The monoisotopic (exact) mass is 1310 g/mol. The molecule has 0 spiro atoms. The molecule has 0 heterocycles. The number of esters is 4. The zero-order valence-electron chi connectivity index (χ0n) is 57.6. The van der Waals surface area contributed by atoms with E-state index in [2.05, 4.69) is 34.6 Å². The van der Waals surface area contributed by atoms with Crippen LogP contribution in [0.2, 0.25) is 0 Å². The minimum Gasteiger partial charge on any atom is -0.462 e. The fraction of sp³-hybridized carbons (Fsp3) is 0.943. The first-order valence-electron chi connectivity index (χ1n) is 36.7. The van der Waals surface area contributed by atoms with E-state index in [0.29, 0.717) is 25.7 Å². The molecule has 0 aromatic rings. The summed E-state index contributed by atoms with van der Waals surface area (Å²) in [5.74, 6) is -1.31. The lowest BCUT2D eigenvalue weighted by atomic mass is 9.99. The highest BCUT2D eigenvalue weighted by Crippen LogP contribution is 2.45. The fourth-order valence-electron chi connectivity index (χ4n) is 10.6. The topological polar surface area (TPSA) is 237 Å². The summed E-state index contributed by atoms with van der Waals surface area (Å²) < 4.78 is 68.2. The molecule has 3 N–H and O–H groups in total. The first-order chi connectivity index (χ1) is 43.1. The Hall–Kier alpha value is -1.94. The summed E-state index contributed by atoms with van der Waals surface area (Å²) in [6.45, 7) is 7.24. The van der Waals surface area contributed by atoms with Gasteiger partial charge in [-0.05, 0) is 31.6 Å². The van der Waals surface area contributed by atoms with Crippen LogP contribution in [-0.2, 0) is 65.4 Å². The van der Waals surface area contributed by atoms with Gasteiger partial charge >= 0.3 is 39.5 Å². The minimum absolute atomic E-state index is 0.106. The Morgan fingerprint density at radius 3 is 0.798 bits per heavy atom. The number of carbonyl (C=O) groups excluding carboxylic acids is 4. The average molecular weight is 1310 g/mol. The number of hydrogen-bond acceptors (Lipinski definition) is 15. The number of phosphoric acid groups is 2. The molecule has 0 radical (unpaired) electrons. The van der Waals surface area contributed by atoms with Crippen LogP contribution < -0.4 is 0 Å². The highest BCUT2D eigenvalue weighted by Gasteiger charge is 2.30. The van der Waals surface area contributed by atoms with Crippen LogP contribution in [0.25, 0.3) is 0 Å². The molecule has 0 bridgehead atoms. The standard InChI is InChI=1S/C70H136O17P2/c1-6-10-13-16-19-22-24-25-26-27-28-29-30-36-41-46-51-56-70(75)87-66(60-81-68(73)54-49-44-39-35-32-31-33-37-42-47-52-63(5)9-4)62-85-89(78,79)83-58-64(71)57-82-88(76,77)84-61-65(59-80-67(72)53-48-43-38-21-18-15-12-8-3)86-69(74)55-50-45-40-34-23-20-17-14-11-7-2/h63-66,71H,6-62H2,1-5H3,(H,76,77)(H,78,79)/t63?,64-,65+,66+/m0/s1. The molecule has 0 fully saturated rings. The summed E-state index contributed by atoms with van der Waals surface area (Å²) in [4.78, 5) is 72.4. The predicted molar refractivity (Wildman–Crippen MR) is 358 cm³/mol. The van der Waals surface area contributed by atoms with Gasteiger partial charge in [0.2, 0.25) is 0 Å². The molecular formula is C70H136O17P2. The molecule has 89 heavy (non-hydrogen) atoms. The van der Waals surface area contributed by atoms with Gasteiger partial charge in [-0.3, -0.25) is 37.3 Å². The Bertz CT molecular complexity index is 1720. The Balaban J connectivity index is 5.21. The van der Waals surface area contributed by atoms with Crippen LogP contribution in [0.4, 0.5) is 0 Å². The van der Waals surface area contributed by atoms with Crippen LogP contribution in [-0.4, -0.2) is 96.7 Å². The largest absolute Gasteiger partial charge is 0.472 e. The molecule has 3 unspecified atom stereocenters. The van der Waals surface area contributed by atoms with Gasteiger partial charge in [-0.1, -0.05) is 311 Å². The number of aliphatic hydroxyl groups is 1. The van der Waals surface area contributed by atoms with Crippen molar-refractivity contribution < 1.29 is 80.2 Å². The van der Waals surface area contributed by atoms with Gasteiger partial charge in [0.25, 0.3) is 0 Å². The lowest BCUT2D eigenvalue weighted by molar-refractivity contribution is -0.161. The van der Waals surface area contributed by atoms with Crippen molar-refractivity contribution in [1.82, 2.24) is 0 Å². The van der Waals surface area contributed by atoms with E-state index in [9.17, 15) is 43.2 Å². The molecule has 0 aromatic carbocycles. The van der Waals surface area contributed by atoms with E-state index < -0.39 is 97.5 Å². The maximum atomic E-state index is 13.0. The highest BCUT2D eigenvalue weighted by atomic mass is 31.2. The smallest absolute Gasteiger partial charge is 0.462 e. The summed E-state index contributed by atoms with van der Waals surface area (Å²) in [5.41, 5.74) is 0. The average Bonchev–Trinajstić information content (AvgIpc) is 3.70. The van der Waals surface area contributed by atoms with Gasteiger partial charge < -0.3 is 33.8 Å². The predicted octanol–water partition coefficient (Wildman–Crippen LogP) is 20.1. The SMILES string of the molecule is CCCCCCCCCCCCCCCCCCCC(=O)O[C@H](COC(=O)CCCCCCCCCCCCC(C)CC)COP(=O)(O)OC[C@@H](O)COP(=O)(O)OC[C@@H](COC(=O)CCCCCCCCCC)OC(=O)CCCCCCCCCCCC.